The highest BCUT2D eigenvalue weighted by Gasteiger charge is 2.16. The first-order chi connectivity index (χ1) is 8.97. The molecule has 0 unspecified atom stereocenters. The maximum Gasteiger partial charge on any atom is 0.267 e. The normalized spacial score (nSPS) is 10.8. The van der Waals surface area contributed by atoms with Crippen LogP contribution in [0.25, 0.3) is 0 Å². The average Bonchev–Trinajstić information content (AvgIpc) is 2.34. The lowest BCUT2D eigenvalue weighted by atomic mass is 10.1. The van der Waals surface area contributed by atoms with Gasteiger partial charge in [0.05, 0.1) is 5.56 Å². The molecule has 0 radical (unpaired) electrons. The summed E-state index contributed by atoms with van der Waals surface area (Å²) < 4.78 is 44.1. The van der Waals surface area contributed by atoms with Gasteiger partial charge in [-0.25, -0.2) is 13.2 Å². The molecule has 0 fully saturated rings. The summed E-state index contributed by atoms with van der Waals surface area (Å²) in [5.74, 6) is -0.0665. The summed E-state index contributed by atoms with van der Waals surface area (Å²) in [7, 11) is 0. The van der Waals surface area contributed by atoms with E-state index in [1.807, 2.05) is 0 Å². The van der Waals surface area contributed by atoms with E-state index in [2.05, 4.69) is 0 Å². The summed E-state index contributed by atoms with van der Waals surface area (Å²) in [6.07, 6.45) is -2.70. The fourth-order valence-electron chi connectivity index (χ4n) is 1.68. The summed E-state index contributed by atoms with van der Waals surface area (Å²) >= 11 is 0. The first-order valence-corrected chi connectivity index (χ1v) is 5.59. The minimum Gasteiger partial charge on any atom is -0.457 e. The number of halogens is 3. The summed E-state index contributed by atoms with van der Waals surface area (Å²) in [6, 6.07) is 7.89. The first-order valence-electron chi connectivity index (χ1n) is 5.59. The van der Waals surface area contributed by atoms with Crippen LogP contribution in [0.4, 0.5) is 18.9 Å². The Balaban J connectivity index is 2.38. The standard InChI is InChI=1S/C14H12F3NO/c1-8-6-9(15)2-4-12(8)19-13-5-3-10(18)7-11(13)14(16)17/h2-7,14H,18H2,1H3. The molecule has 2 N–H and O–H groups in total. The third kappa shape index (κ3) is 2.99. The second-order valence-corrected chi connectivity index (χ2v) is 4.11. The monoisotopic (exact) mass is 267 g/mol. The van der Waals surface area contributed by atoms with Crippen molar-refractivity contribution >= 4 is 5.69 Å². The zero-order valence-corrected chi connectivity index (χ0v) is 10.2. The van der Waals surface area contributed by atoms with Gasteiger partial charge in [0.25, 0.3) is 6.43 Å². The van der Waals surface area contributed by atoms with Crippen LogP contribution >= 0.6 is 0 Å². The van der Waals surface area contributed by atoms with Crippen LogP contribution < -0.4 is 10.5 Å². The van der Waals surface area contributed by atoms with Crippen LogP contribution in [0, 0.1) is 12.7 Å². The SMILES string of the molecule is Cc1cc(F)ccc1Oc1ccc(N)cc1C(F)F. The Bertz CT molecular complexity index is 599. The number of hydrogen-bond acceptors (Lipinski definition) is 2. The zero-order valence-electron chi connectivity index (χ0n) is 10.2. The van der Waals surface area contributed by atoms with Crippen molar-refractivity contribution in [1.29, 1.82) is 0 Å². The van der Waals surface area contributed by atoms with E-state index >= 15 is 0 Å². The average molecular weight is 267 g/mol. The summed E-state index contributed by atoms with van der Waals surface area (Å²) in [5, 5.41) is 0. The maximum absolute atomic E-state index is 13.0. The van der Waals surface area contributed by atoms with Crippen LogP contribution in [0.1, 0.15) is 17.6 Å². The summed E-state index contributed by atoms with van der Waals surface area (Å²) in [6.45, 7) is 1.64. The molecule has 0 saturated carbocycles. The van der Waals surface area contributed by atoms with Crippen molar-refractivity contribution in [2.75, 3.05) is 5.73 Å². The van der Waals surface area contributed by atoms with Gasteiger partial charge in [0.15, 0.2) is 0 Å². The molecule has 0 bridgehead atoms. The van der Waals surface area contributed by atoms with Gasteiger partial charge >= 0.3 is 0 Å². The fourth-order valence-corrected chi connectivity index (χ4v) is 1.68. The van der Waals surface area contributed by atoms with E-state index in [9.17, 15) is 13.2 Å². The number of benzene rings is 2. The number of ether oxygens (including phenoxy) is 1. The number of rotatable bonds is 3. The van der Waals surface area contributed by atoms with E-state index in [0.29, 0.717) is 11.3 Å². The molecule has 0 saturated heterocycles. The van der Waals surface area contributed by atoms with Crippen molar-refractivity contribution in [3.63, 3.8) is 0 Å². The van der Waals surface area contributed by atoms with Crippen molar-refractivity contribution < 1.29 is 17.9 Å². The predicted molar refractivity (Wildman–Crippen MR) is 67.0 cm³/mol. The van der Waals surface area contributed by atoms with E-state index in [-0.39, 0.29) is 17.0 Å². The molecule has 0 atom stereocenters. The lowest BCUT2D eigenvalue weighted by Gasteiger charge is -2.13. The highest BCUT2D eigenvalue weighted by molar-refractivity contribution is 5.50. The van der Waals surface area contributed by atoms with Crippen molar-refractivity contribution in [2.24, 2.45) is 0 Å². The van der Waals surface area contributed by atoms with Gasteiger partial charge in [-0.1, -0.05) is 0 Å². The molecule has 0 aliphatic carbocycles. The number of alkyl halides is 2. The van der Waals surface area contributed by atoms with Gasteiger partial charge in [0, 0.05) is 5.69 Å². The van der Waals surface area contributed by atoms with Crippen LogP contribution in [-0.4, -0.2) is 0 Å². The minimum atomic E-state index is -2.70. The molecule has 5 heteroatoms. The highest BCUT2D eigenvalue weighted by atomic mass is 19.3. The van der Waals surface area contributed by atoms with Crippen LogP contribution in [-0.2, 0) is 0 Å². The van der Waals surface area contributed by atoms with E-state index < -0.39 is 12.2 Å². The molecule has 0 heterocycles. The Morgan fingerprint density at radius 2 is 1.74 bits per heavy atom. The van der Waals surface area contributed by atoms with Crippen LogP contribution in [0.3, 0.4) is 0 Å². The topological polar surface area (TPSA) is 35.2 Å². The van der Waals surface area contributed by atoms with Gasteiger partial charge < -0.3 is 10.5 Å². The minimum absolute atomic E-state index is 0.0129. The largest absolute Gasteiger partial charge is 0.457 e. The molecule has 2 aromatic carbocycles. The number of nitrogen functional groups attached to an aromatic ring is 1. The highest BCUT2D eigenvalue weighted by Crippen LogP contribution is 2.34. The Hall–Kier alpha value is -2.17. The molecule has 0 aliphatic rings. The molecule has 0 spiro atoms. The van der Waals surface area contributed by atoms with E-state index in [4.69, 9.17) is 10.5 Å². The second-order valence-electron chi connectivity index (χ2n) is 4.11. The Morgan fingerprint density at radius 1 is 1.05 bits per heavy atom. The lowest BCUT2D eigenvalue weighted by molar-refractivity contribution is 0.148. The molecule has 0 aromatic heterocycles. The van der Waals surface area contributed by atoms with Gasteiger partial charge in [-0.05, 0) is 48.9 Å². The van der Waals surface area contributed by atoms with Crippen molar-refractivity contribution in [1.82, 2.24) is 0 Å². The molecular formula is C14H12F3NO. The quantitative estimate of drug-likeness (QED) is 0.834. The molecule has 19 heavy (non-hydrogen) atoms. The fraction of sp³-hybridized carbons (Fsp3) is 0.143. The number of aryl methyl sites for hydroxylation is 1. The number of anilines is 1. The molecule has 2 rings (SSSR count). The first kappa shape index (κ1) is 13.3. The van der Waals surface area contributed by atoms with Gasteiger partial charge in [-0.2, -0.15) is 0 Å². The van der Waals surface area contributed by atoms with Gasteiger partial charge in [0.2, 0.25) is 0 Å². The maximum atomic E-state index is 13.0. The lowest BCUT2D eigenvalue weighted by Crippen LogP contribution is -1.96. The Morgan fingerprint density at radius 3 is 2.37 bits per heavy atom. The van der Waals surface area contributed by atoms with Crippen molar-refractivity contribution in [3.05, 3.63) is 53.3 Å². The third-order valence-electron chi connectivity index (χ3n) is 2.63. The summed E-state index contributed by atoms with van der Waals surface area (Å²) in [4.78, 5) is 0. The number of hydrogen-bond donors (Lipinski definition) is 1. The van der Waals surface area contributed by atoms with Crippen LogP contribution in [0.15, 0.2) is 36.4 Å². The Kier molecular flexibility index (Phi) is 3.64. The van der Waals surface area contributed by atoms with Gasteiger partial charge in [-0.3, -0.25) is 0 Å². The van der Waals surface area contributed by atoms with Crippen LogP contribution in [0.2, 0.25) is 0 Å². The van der Waals surface area contributed by atoms with Crippen molar-refractivity contribution in [3.8, 4) is 11.5 Å². The molecule has 100 valence electrons. The molecule has 2 aromatic rings. The van der Waals surface area contributed by atoms with E-state index in [1.165, 1.54) is 36.4 Å². The van der Waals surface area contributed by atoms with Gasteiger partial charge in [-0.15, -0.1) is 0 Å². The molecule has 0 aliphatic heterocycles. The number of nitrogens with two attached hydrogens (primary N) is 1. The smallest absolute Gasteiger partial charge is 0.267 e. The summed E-state index contributed by atoms with van der Waals surface area (Å²) in [5.41, 5.74) is 5.94. The second kappa shape index (κ2) is 5.22. The third-order valence-corrected chi connectivity index (χ3v) is 2.63. The molecular weight excluding hydrogens is 255 g/mol. The van der Waals surface area contributed by atoms with Crippen molar-refractivity contribution in [2.45, 2.75) is 13.3 Å². The zero-order chi connectivity index (χ0) is 14.0. The predicted octanol–water partition coefficient (Wildman–Crippen LogP) is 4.45. The van der Waals surface area contributed by atoms with Crippen LogP contribution in [0.5, 0.6) is 11.5 Å². The van der Waals surface area contributed by atoms with Gasteiger partial charge in [0.1, 0.15) is 17.3 Å². The molecule has 2 nitrogen and oxygen atoms in total. The van der Waals surface area contributed by atoms with E-state index in [0.717, 1.165) is 0 Å². The Labute approximate surface area is 108 Å². The molecule has 0 amide bonds. The van der Waals surface area contributed by atoms with E-state index in [1.54, 1.807) is 6.92 Å².